The maximum absolute atomic E-state index is 13.3. The van der Waals surface area contributed by atoms with Crippen LogP contribution in [0, 0.1) is 5.92 Å². The Balaban J connectivity index is 1.93. The number of carbonyl (C=O) groups excluding carboxylic acids is 1. The van der Waals surface area contributed by atoms with E-state index in [-0.39, 0.29) is 23.8 Å². The molecule has 1 N–H and O–H groups in total. The van der Waals surface area contributed by atoms with E-state index in [2.05, 4.69) is 24.1 Å². The first-order valence-corrected chi connectivity index (χ1v) is 9.43. The maximum atomic E-state index is 13.3. The van der Waals surface area contributed by atoms with E-state index in [1.54, 1.807) is 6.20 Å². The fraction of sp³-hybridized carbons (Fsp3) is 0.273. The van der Waals surface area contributed by atoms with Crippen LogP contribution in [0.3, 0.4) is 0 Å². The highest BCUT2D eigenvalue weighted by molar-refractivity contribution is 6.30. The molecule has 3 aromatic rings. The second kappa shape index (κ2) is 8.40. The molecule has 3 rings (SSSR count). The first-order valence-electron chi connectivity index (χ1n) is 9.05. The van der Waals surface area contributed by atoms with Crippen molar-refractivity contribution < 1.29 is 4.79 Å². The van der Waals surface area contributed by atoms with Crippen LogP contribution >= 0.6 is 11.6 Å². The summed E-state index contributed by atoms with van der Waals surface area (Å²) in [5.74, 6) is 0.648. The number of aromatic nitrogens is 2. The Labute approximate surface area is 165 Å². The van der Waals surface area contributed by atoms with Gasteiger partial charge >= 0.3 is 0 Å². The van der Waals surface area contributed by atoms with E-state index in [0.717, 1.165) is 17.0 Å². The molecular formula is C22H24ClN3O. The largest absolute Gasteiger partial charge is 0.342 e. The van der Waals surface area contributed by atoms with Crippen molar-refractivity contribution >= 4 is 17.5 Å². The first-order chi connectivity index (χ1) is 13.0. The van der Waals surface area contributed by atoms with Crippen LogP contribution in [0.4, 0.5) is 0 Å². The van der Waals surface area contributed by atoms with Crippen LogP contribution in [0.25, 0.3) is 0 Å². The van der Waals surface area contributed by atoms with E-state index < -0.39 is 0 Å². The summed E-state index contributed by atoms with van der Waals surface area (Å²) in [6, 6.07) is 17.1. The number of nitrogens with zero attached hydrogens (tertiary/aromatic N) is 2. The van der Waals surface area contributed by atoms with Gasteiger partial charge in [-0.05, 0) is 29.2 Å². The molecule has 1 aromatic heterocycles. The molecule has 5 heteroatoms. The summed E-state index contributed by atoms with van der Waals surface area (Å²) in [6.45, 7) is 4.11. The molecule has 0 saturated carbocycles. The fourth-order valence-electron chi connectivity index (χ4n) is 3.34. The number of aryl methyl sites for hydroxylation is 1. The number of benzene rings is 2. The summed E-state index contributed by atoms with van der Waals surface area (Å²) >= 11 is 6.01. The van der Waals surface area contributed by atoms with Crippen LogP contribution in [0.2, 0.25) is 5.02 Å². The lowest BCUT2D eigenvalue weighted by Crippen LogP contribution is -2.36. The van der Waals surface area contributed by atoms with Crippen LogP contribution in [-0.4, -0.2) is 15.5 Å². The normalized spacial score (nSPS) is 13.4. The summed E-state index contributed by atoms with van der Waals surface area (Å²) in [4.78, 5) is 17.7. The third-order valence-electron chi connectivity index (χ3n) is 4.71. The topological polar surface area (TPSA) is 46.9 Å². The highest BCUT2D eigenvalue weighted by Crippen LogP contribution is 2.28. The highest BCUT2D eigenvalue weighted by atomic mass is 35.5. The predicted molar refractivity (Wildman–Crippen MR) is 109 cm³/mol. The second-order valence-electron chi connectivity index (χ2n) is 7.02. The number of imidazole rings is 1. The Bertz CT molecular complexity index is 887. The lowest BCUT2D eigenvalue weighted by Gasteiger charge is -2.25. The quantitative estimate of drug-likeness (QED) is 0.671. The Morgan fingerprint density at radius 2 is 1.70 bits per heavy atom. The van der Waals surface area contributed by atoms with Gasteiger partial charge in [-0.25, -0.2) is 4.98 Å². The number of halogens is 1. The van der Waals surface area contributed by atoms with Crippen LogP contribution in [0.1, 0.15) is 42.8 Å². The van der Waals surface area contributed by atoms with Gasteiger partial charge in [0, 0.05) is 24.5 Å². The zero-order valence-electron chi connectivity index (χ0n) is 15.8. The van der Waals surface area contributed by atoms with Crippen molar-refractivity contribution in [1.82, 2.24) is 14.9 Å². The van der Waals surface area contributed by atoms with Crippen molar-refractivity contribution in [3.63, 3.8) is 0 Å². The van der Waals surface area contributed by atoms with E-state index in [4.69, 9.17) is 11.6 Å². The molecule has 0 aliphatic carbocycles. The third-order valence-corrected chi connectivity index (χ3v) is 4.97. The smallest absolute Gasteiger partial charge is 0.228 e. The average Bonchev–Trinajstić information content (AvgIpc) is 3.07. The minimum absolute atomic E-state index is 0.0239. The van der Waals surface area contributed by atoms with Gasteiger partial charge in [0.2, 0.25) is 5.91 Å². The van der Waals surface area contributed by atoms with Gasteiger partial charge in [-0.1, -0.05) is 67.9 Å². The molecule has 27 heavy (non-hydrogen) atoms. The van der Waals surface area contributed by atoms with E-state index >= 15 is 0 Å². The number of carbonyl (C=O) groups is 1. The fourth-order valence-corrected chi connectivity index (χ4v) is 3.46. The average molecular weight is 382 g/mol. The van der Waals surface area contributed by atoms with Crippen molar-refractivity contribution in [2.75, 3.05) is 0 Å². The van der Waals surface area contributed by atoms with E-state index in [1.807, 2.05) is 72.4 Å². The van der Waals surface area contributed by atoms with E-state index in [9.17, 15) is 4.79 Å². The molecule has 0 radical (unpaired) electrons. The predicted octanol–water partition coefficient (Wildman–Crippen LogP) is 4.72. The second-order valence-corrected chi connectivity index (χ2v) is 7.46. The van der Waals surface area contributed by atoms with Crippen molar-refractivity contribution in [2.24, 2.45) is 13.0 Å². The van der Waals surface area contributed by atoms with Gasteiger partial charge in [0.1, 0.15) is 11.9 Å². The monoisotopic (exact) mass is 381 g/mol. The summed E-state index contributed by atoms with van der Waals surface area (Å²) in [6.07, 6.45) is 3.63. The number of nitrogens with one attached hydrogen (secondary N) is 1. The van der Waals surface area contributed by atoms with E-state index in [1.165, 1.54) is 0 Å². The van der Waals surface area contributed by atoms with Crippen LogP contribution in [-0.2, 0) is 11.8 Å². The van der Waals surface area contributed by atoms with Gasteiger partial charge in [0.05, 0.1) is 5.92 Å². The van der Waals surface area contributed by atoms with Crippen molar-refractivity contribution in [3.8, 4) is 0 Å². The standard InChI is InChI=1S/C22H24ClN3O/c1-15(2)19(16-9-11-18(23)12-10-16)22(27)25-20(17-7-5-4-6-8-17)21-24-13-14-26(21)3/h4-15,19-20H,1-3H3,(H,25,27)/t19-,20+/m0/s1. The summed E-state index contributed by atoms with van der Waals surface area (Å²) in [5.41, 5.74) is 1.96. The van der Waals surface area contributed by atoms with Gasteiger partial charge in [-0.15, -0.1) is 0 Å². The van der Waals surface area contributed by atoms with E-state index in [0.29, 0.717) is 5.02 Å². The molecule has 0 fully saturated rings. The lowest BCUT2D eigenvalue weighted by molar-refractivity contribution is -0.124. The molecule has 0 aliphatic heterocycles. The molecule has 2 atom stereocenters. The zero-order chi connectivity index (χ0) is 19.4. The molecule has 4 nitrogen and oxygen atoms in total. The van der Waals surface area contributed by atoms with Gasteiger partial charge in [-0.2, -0.15) is 0 Å². The molecule has 0 aliphatic rings. The van der Waals surface area contributed by atoms with Gasteiger partial charge < -0.3 is 9.88 Å². The SMILES string of the molecule is CC(C)[C@H](C(=O)N[C@H](c1ccccc1)c1nccn1C)c1ccc(Cl)cc1. The highest BCUT2D eigenvalue weighted by Gasteiger charge is 2.28. The lowest BCUT2D eigenvalue weighted by atomic mass is 9.87. The Hall–Kier alpha value is -2.59. The summed E-state index contributed by atoms with van der Waals surface area (Å²) in [5, 5.41) is 3.88. The van der Waals surface area contributed by atoms with Crippen molar-refractivity contribution in [3.05, 3.63) is 89.0 Å². The number of hydrogen-bond acceptors (Lipinski definition) is 2. The summed E-state index contributed by atoms with van der Waals surface area (Å²) < 4.78 is 1.94. The van der Waals surface area contributed by atoms with Gasteiger partial charge in [0.15, 0.2) is 0 Å². The van der Waals surface area contributed by atoms with Crippen molar-refractivity contribution in [1.29, 1.82) is 0 Å². The number of amides is 1. The number of rotatable bonds is 6. The molecule has 0 unspecified atom stereocenters. The molecule has 0 bridgehead atoms. The molecule has 0 spiro atoms. The van der Waals surface area contributed by atoms with Crippen LogP contribution < -0.4 is 5.32 Å². The van der Waals surface area contributed by atoms with Gasteiger partial charge in [0.25, 0.3) is 0 Å². The Kier molecular flexibility index (Phi) is 5.97. The molecule has 0 saturated heterocycles. The molecule has 140 valence electrons. The van der Waals surface area contributed by atoms with Crippen LogP contribution in [0.5, 0.6) is 0 Å². The third kappa shape index (κ3) is 4.40. The Morgan fingerprint density at radius 1 is 1.04 bits per heavy atom. The molecule has 1 amide bonds. The van der Waals surface area contributed by atoms with Crippen LogP contribution in [0.15, 0.2) is 67.0 Å². The van der Waals surface area contributed by atoms with Crippen molar-refractivity contribution in [2.45, 2.75) is 25.8 Å². The minimum atomic E-state index is -0.313. The molecule has 1 heterocycles. The molecular weight excluding hydrogens is 358 g/mol. The zero-order valence-corrected chi connectivity index (χ0v) is 16.5. The van der Waals surface area contributed by atoms with Gasteiger partial charge in [-0.3, -0.25) is 4.79 Å². The first kappa shape index (κ1) is 19.2. The number of hydrogen-bond donors (Lipinski definition) is 1. The summed E-state index contributed by atoms with van der Waals surface area (Å²) in [7, 11) is 1.93. The minimum Gasteiger partial charge on any atom is -0.342 e. The maximum Gasteiger partial charge on any atom is 0.228 e. The molecule has 2 aromatic carbocycles. The Morgan fingerprint density at radius 3 is 2.26 bits per heavy atom.